The second-order valence-electron chi connectivity index (χ2n) is 5.54. The van der Waals surface area contributed by atoms with Gasteiger partial charge in [0.2, 0.25) is 5.95 Å². The van der Waals surface area contributed by atoms with E-state index in [1.807, 2.05) is 30.3 Å². The Labute approximate surface area is 139 Å². The lowest BCUT2D eigenvalue weighted by molar-refractivity contribution is -0.115. The second-order valence-corrected chi connectivity index (χ2v) is 5.54. The van der Waals surface area contributed by atoms with Crippen molar-refractivity contribution in [3.63, 3.8) is 0 Å². The van der Waals surface area contributed by atoms with Crippen molar-refractivity contribution in [3.8, 4) is 11.1 Å². The highest BCUT2D eigenvalue weighted by Gasteiger charge is 2.27. The molecule has 4 rings (SSSR count). The van der Waals surface area contributed by atoms with Gasteiger partial charge in [0, 0.05) is 34.9 Å². The van der Waals surface area contributed by atoms with Gasteiger partial charge in [-0.1, -0.05) is 12.1 Å². The zero-order valence-electron chi connectivity index (χ0n) is 12.8. The van der Waals surface area contributed by atoms with Crippen molar-refractivity contribution in [1.82, 2.24) is 19.9 Å². The molecule has 0 fully saturated rings. The van der Waals surface area contributed by atoms with Gasteiger partial charge in [-0.15, -0.1) is 0 Å². The van der Waals surface area contributed by atoms with Gasteiger partial charge in [-0.2, -0.15) is 18.2 Å². The first-order chi connectivity index (χ1) is 12.0. The molecule has 25 heavy (non-hydrogen) atoms. The summed E-state index contributed by atoms with van der Waals surface area (Å²) >= 11 is 0. The molecule has 3 aromatic heterocycles. The van der Waals surface area contributed by atoms with E-state index in [0.29, 0.717) is 5.65 Å². The molecule has 0 atom stereocenters. The number of nitrogens with zero attached hydrogens (tertiary/aromatic N) is 3. The Kier molecular flexibility index (Phi) is 3.52. The fraction of sp³-hybridized carbons (Fsp3) is 0.118. The van der Waals surface area contributed by atoms with Crippen molar-refractivity contribution >= 4 is 27.9 Å². The number of anilines is 1. The van der Waals surface area contributed by atoms with Gasteiger partial charge in [0.1, 0.15) is 12.2 Å². The molecule has 8 heteroatoms. The van der Waals surface area contributed by atoms with Gasteiger partial charge in [-0.05, 0) is 23.8 Å². The fourth-order valence-corrected chi connectivity index (χ4v) is 2.65. The number of hydrogen-bond acceptors (Lipinski definition) is 4. The van der Waals surface area contributed by atoms with Crippen molar-refractivity contribution in [2.45, 2.75) is 6.18 Å². The summed E-state index contributed by atoms with van der Waals surface area (Å²) in [5.74, 6) is -0.0686. The normalized spacial score (nSPS) is 12.0. The minimum atomic E-state index is -4.32. The van der Waals surface area contributed by atoms with Crippen LogP contribution < -0.4 is 5.32 Å². The molecule has 2 N–H and O–H groups in total. The number of fused-ring (bicyclic) bond motifs is 2. The van der Waals surface area contributed by atoms with E-state index in [-0.39, 0.29) is 5.95 Å². The van der Waals surface area contributed by atoms with Gasteiger partial charge in [0.15, 0.2) is 0 Å². The van der Waals surface area contributed by atoms with E-state index in [0.717, 1.165) is 27.4 Å². The molecule has 0 saturated heterocycles. The number of halogens is 3. The average Bonchev–Trinajstić information content (AvgIpc) is 3.02. The number of nitrogens with one attached hydrogen (secondary N) is 2. The lowest BCUT2D eigenvalue weighted by Gasteiger charge is -2.07. The van der Waals surface area contributed by atoms with Crippen LogP contribution in [0.3, 0.4) is 0 Å². The Hall–Kier alpha value is -3.16. The standard InChI is InChI=1S/C17H12F3N5/c18-17(19,20)9-24-16-23-8-13-12(7-22-15(13)25-16)10-3-4-14-11(6-10)2-1-5-21-14/h1-8H,9H2,(H2,22,23,24,25). The maximum absolute atomic E-state index is 12.3. The van der Waals surface area contributed by atoms with Crippen LogP contribution in [0.1, 0.15) is 0 Å². The SMILES string of the molecule is FC(F)(F)CNc1ncc2c(-c3ccc4ncccc4c3)c[nH]c2n1. The predicted octanol–water partition coefficient (Wildman–Crippen LogP) is 4.15. The van der Waals surface area contributed by atoms with E-state index in [4.69, 9.17) is 0 Å². The van der Waals surface area contributed by atoms with Crippen LogP contribution in [0.5, 0.6) is 0 Å². The topological polar surface area (TPSA) is 66.5 Å². The Bertz CT molecular complexity index is 1050. The summed E-state index contributed by atoms with van der Waals surface area (Å²) < 4.78 is 36.8. The summed E-state index contributed by atoms with van der Waals surface area (Å²) in [6.45, 7) is -1.18. The summed E-state index contributed by atoms with van der Waals surface area (Å²) in [7, 11) is 0. The molecule has 0 amide bonds. The van der Waals surface area contributed by atoms with E-state index in [1.54, 1.807) is 12.4 Å². The van der Waals surface area contributed by atoms with Crippen molar-refractivity contribution in [2.75, 3.05) is 11.9 Å². The molecule has 0 bridgehead atoms. The number of hydrogen-bond donors (Lipinski definition) is 2. The van der Waals surface area contributed by atoms with Gasteiger partial charge in [0.25, 0.3) is 0 Å². The smallest absolute Gasteiger partial charge is 0.345 e. The van der Waals surface area contributed by atoms with Gasteiger partial charge in [-0.3, -0.25) is 4.98 Å². The highest BCUT2D eigenvalue weighted by atomic mass is 19.4. The summed E-state index contributed by atoms with van der Waals surface area (Å²) in [6, 6.07) is 9.69. The molecular weight excluding hydrogens is 331 g/mol. The van der Waals surface area contributed by atoms with E-state index in [2.05, 4.69) is 25.3 Å². The first-order valence-corrected chi connectivity index (χ1v) is 7.49. The number of aromatic nitrogens is 4. The minimum Gasteiger partial charge on any atom is -0.345 e. The third-order valence-electron chi connectivity index (χ3n) is 3.79. The maximum atomic E-state index is 12.3. The van der Waals surface area contributed by atoms with Crippen LogP contribution >= 0.6 is 0 Å². The fourth-order valence-electron chi connectivity index (χ4n) is 2.65. The quantitative estimate of drug-likeness (QED) is 0.586. The monoisotopic (exact) mass is 343 g/mol. The predicted molar refractivity (Wildman–Crippen MR) is 89.2 cm³/mol. The molecule has 0 spiro atoms. The van der Waals surface area contributed by atoms with Gasteiger partial charge in [0.05, 0.1) is 5.52 Å². The Balaban J connectivity index is 1.70. The van der Waals surface area contributed by atoms with Crippen LogP contribution in [0.15, 0.2) is 48.9 Å². The van der Waals surface area contributed by atoms with Crippen molar-refractivity contribution in [2.24, 2.45) is 0 Å². The van der Waals surface area contributed by atoms with Crippen LogP contribution in [0, 0.1) is 0 Å². The van der Waals surface area contributed by atoms with Gasteiger partial charge >= 0.3 is 6.18 Å². The molecule has 4 aromatic rings. The third-order valence-corrected chi connectivity index (χ3v) is 3.79. The van der Waals surface area contributed by atoms with Crippen LogP contribution in [0.25, 0.3) is 33.1 Å². The summed E-state index contributed by atoms with van der Waals surface area (Å²) in [6.07, 6.45) is 0.695. The Morgan fingerprint density at radius 1 is 1.12 bits per heavy atom. The van der Waals surface area contributed by atoms with Crippen LogP contribution in [-0.2, 0) is 0 Å². The van der Waals surface area contributed by atoms with Crippen molar-refractivity contribution in [3.05, 3.63) is 48.9 Å². The van der Waals surface area contributed by atoms with Gasteiger partial charge < -0.3 is 10.3 Å². The first kappa shape index (κ1) is 15.4. The lowest BCUT2D eigenvalue weighted by Crippen LogP contribution is -2.22. The summed E-state index contributed by atoms with van der Waals surface area (Å²) in [5, 5.41) is 3.91. The van der Waals surface area contributed by atoms with E-state index in [9.17, 15) is 13.2 Å². The highest BCUT2D eigenvalue weighted by Crippen LogP contribution is 2.29. The maximum Gasteiger partial charge on any atom is 0.405 e. The number of H-pyrrole nitrogens is 1. The number of aromatic amines is 1. The van der Waals surface area contributed by atoms with E-state index in [1.165, 1.54) is 6.20 Å². The average molecular weight is 343 g/mol. The number of rotatable bonds is 3. The molecule has 126 valence electrons. The van der Waals surface area contributed by atoms with Crippen LogP contribution in [-0.4, -0.2) is 32.7 Å². The molecule has 0 aliphatic rings. The second kappa shape index (κ2) is 5.73. The number of benzene rings is 1. The molecular formula is C17H12F3N5. The molecule has 0 radical (unpaired) electrons. The summed E-state index contributed by atoms with van der Waals surface area (Å²) in [5.41, 5.74) is 3.19. The van der Waals surface area contributed by atoms with Crippen molar-refractivity contribution in [1.29, 1.82) is 0 Å². The van der Waals surface area contributed by atoms with Crippen LogP contribution in [0.4, 0.5) is 19.1 Å². The van der Waals surface area contributed by atoms with E-state index >= 15 is 0 Å². The Morgan fingerprint density at radius 3 is 2.84 bits per heavy atom. The minimum absolute atomic E-state index is 0.0686. The molecule has 1 aromatic carbocycles. The zero-order valence-corrected chi connectivity index (χ0v) is 12.8. The highest BCUT2D eigenvalue weighted by molar-refractivity contribution is 5.96. The molecule has 3 heterocycles. The van der Waals surface area contributed by atoms with E-state index < -0.39 is 12.7 Å². The molecule has 0 aliphatic carbocycles. The molecule has 0 unspecified atom stereocenters. The number of alkyl halides is 3. The zero-order chi connectivity index (χ0) is 17.4. The summed E-state index contributed by atoms with van der Waals surface area (Å²) in [4.78, 5) is 15.3. The molecule has 0 aliphatic heterocycles. The first-order valence-electron chi connectivity index (χ1n) is 7.49. The van der Waals surface area contributed by atoms with Crippen LogP contribution in [0.2, 0.25) is 0 Å². The lowest BCUT2D eigenvalue weighted by atomic mass is 10.0. The Morgan fingerprint density at radius 2 is 2.00 bits per heavy atom. The largest absolute Gasteiger partial charge is 0.405 e. The number of pyridine rings is 1. The third kappa shape index (κ3) is 3.10. The van der Waals surface area contributed by atoms with Crippen molar-refractivity contribution < 1.29 is 13.2 Å². The van der Waals surface area contributed by atoms with Gasteiger partial charge in [-0.25, -0.2) is 4.98 Å². The molecule has 0 saturated carbocycles. The molecule has 5 nitrogen and oxygen atoms in total.